The SMILES string of the molecule is FC(F)(F)CC(F)(F)F.O=C(O)c1ccc(Oc2ccccc2)cc1C(=O)O.O=C(O)c1ccc(Oc2ccccc2)cc1C(=O)O. The summed E-state index contributed by atoms with van der Waals surface area (Å²) >= 11 is 0. The van der Waals surface area contributed by atoms with Crippen molar-refractivity contribution in [2.45, 2.75) is 18.8 Å². The zero-order chi connectivity index (χ0) is 35.4. The number of rotatable bonds is 8. The molecule has 47 heavy (non-hydrogen) atoms. The van der Waals surface area contributed by atoms with Gasteiger partial charge in [-0.3, -0.25) is 0 Å². The number of alkyl halides is 6. The number of halogens is 6. The summed E-state index contributed by atoms with van der Waals surface area (Å²) in [7, 11) is 0. The van der Waals surface area contributed by atoms with E-state index in [0.29, 0.717) is 11.5 Å². The van der Waals surface area contributed by atoms with E-state index in [1.807, 2.05) is 12.1 Å². The normalized spacial score (nSPS) is 10.7. The quantitative estimate of drug-likeness (QED) is 0.134. The highest BCUT2D eigenvalue weighted by atomic mass is 19.4. The average Bonchev–Trinajstić information content (AvgIpc) is 2.96. The van der Waals surface area contributed by atoms with Crippen LogP contribution in [0.3, 0.4) is 0 Å². The Labute approximate surface area is 260 Å². The van der Waals surface area contributed by atoms with Crippen molar-refractivity contribution in [3.8, 4) is 23.0 Å². The maximum atomic E-state index is 11.0. The maximum Gasteiger partial charge on any atom is 0.397 e. The van der Waals surface area contributed by atoms with Gasteiger partial charge in [0.05, 0.1) is 22.3 Å². The molecule has 248 valence electrons. The third-order valence-corrected chi connectivity index (χ3v) is 5.26. The molecule has 0 heterocycles. The van der Waals surface area contributed by atoms with Gasteiger partial charge in [-0.2, -0.15) is 26.3 Å². The highest BCUT2D eigenvalue weighted by molar-refractivity contribution is 6.02. The zero-order valence-corrected chi connectivity index (χ0v) is 23.5. The standard InChI is InChI=1S/2C14H10O5.C3H2F6/c2*15-13(16)11-7-6-10(8-12(11)14(17)18)19-9-4-2-1-3-5-9;4-2(5,6)1-3(7,8)9/h2*1-8H,(H,15,16)(H,17,18);1H2. The van der Waals surface area contributed by atoms with Crippen LogP contribution in [0.5, 0.6) is 23.0 Å². The number of benzene rings is 4. The van der Waals surface area contributed by atoms with Crippen LogP contribution in [0.4, 0.5) is 26.3 Å². The van der Waals surface area contributed by atoms with Gasteiger partial charge in [-0.05, 0) is 60.7 Å². The van der Waals surface area contributed by atoms with Gasteiger partial charge in [0, 0.05) is 0 Å². The molecule has 0 fully saturated rings. The third-order valence-electron chi connectivity index (χ3n) is 5.26. The van der Waals surface area contributed by atoms with Gasteiger partial charge >= 0.3 is 36.2 Å². The van der Waals surface area contributed by atoms with Gasteiger partial charge in [0.15, 0.2) is 0 Å². The Hall–Kier alpha value is -6.06. The number of carboxylic acid groups (broad SMARTS) is 4. The molecule has 10 nitrogen and oxygen atoms in total. The molecular weight excluding hydrogens is 646 g/mol. The van der Waals surface area contributed by atoms with Crippen LogP contribution in [-0.4, -0.2) is 56.7 Å². The molecule has 4 N–H and O–H groups in total. The second-order valence-electron chi connectivity index (χ2n) is 8.87. The molecule has 16 heteroatoms. The summed E-state index contributed by atoms with van der Waals surface area (Å²) in [6.45, 7) is 0. The van der Waals surface area contributed by atoms with Gasteiger partial charge in [-0.15, -0.1) is 0 Å². The molecule has 0 radical (unpaired) electrons. The van der Waals surface area contributed by atoms with E-state index in [1.165, 1.54) is 36.4 Å². The first-order valence-corrected chi connectivity index (χ1v) is 12.7. The second kappa shape index (κ2) is 16.3. The Morgan fingerprint density at radius 3 is 0.979 bits per heavy atom. The van der Waals surface area contributed by atoms with Gasteiger partial charge in [0.2, 0.25) is 0 Å². The molecule has 0 atom stereocenters. The molecule has 0 aliphatic carbocycles. The number of carboxylic acids is 4. The lowest BCUT2D eigenvalue weighted by molar-refractivity contribution is -0.232. The summed E-state index contributed by atoms with van der Waals surface area (Å²) in [5.74, 6) is -3.56. The van der Waals surface area contributed by atoms with Gasteiger partial charge in [0.1, 0.15) is 29.4 Å². The minimum absolute atomic E-state index is 0.270. The number of carbonyl (C=O) groups is 4. The first-order chi connectivity index (χ1) is 21.9. The number of hydrogen-bond donors (Lipinski definition) is 4. The Morgan fingerprint density at radius 1 is 0.447 bits per heavy atom. The van der Waals surface area contributed by atoms with Crippen molar-refractivity contribution < 1.29 is 75.4 Å². The number of para-hydroxylation sites is 2. The summed E-state index contributed by atoms with van der Waals surface area (Å²) in [5.41, 5.74) is -1.15. The van der Waals surface area contributed by atoms with E-state index in [4.69, 9.17) is 29.9 Å². The maximum absolute atomic E-state index is 11.0. The molecule has 4 aromatic carbocycles. The van der Waals surface area contributed by atoms with Crippen LogP contribution in [0.1, 0.15) is 47.9 Å². The molecule has 0 saturated carbocycles. The van der Waals surface area contributed by atoms with Crippen LogP contribution in [0, 0.1) is 0 Å². The van der Waals surface area contributed by atoms with Crippen molar-refractivity contribution in [3.63, 3.8) is 0 Å². The number of ether oxygens (including phenoxy) is 2. The molecule has 0 unspecified atom stereocenters. The molecule has 0 bridgehead atoms. The Balaban J connectivity index is 0.000000262. The predicted molar refractivity (Wildman–Crippen MR) is 150 cm³/mol. The van der Waals surface area contributed by atoms with E-state index in [9.17, 15) is 45.5 Å². The van der Waals surface area contributed by atoms with Crippen molar-refractivity contribution in [2.75, 3.05) is 0 Å². The first kappa shape index (κ1) is 37.1. The van der Waals surface area contributed by atoms with Crippen molar-refractivity contribution in [3.05, 3.63) is 119 Å². The molecule has 4 rings (SSSR count). The predicted octanol–water partition coefficient (Wildman–Crippen LogP) is 8.25. The topological polar surface area (TPSA) is 168 Å². The highest BCUT2D eigenvalue weighted by Gasteiger charge is 2.43. The fourth-order valence-corrected chi connectivity index (χ4v) is 3.38. The summed E-state index contributed by atoms with van der Waals surface area (Å²) in [5, 5.41) is 35.8. The van der Waals surface area contributed by atoms with Gasteiger partial charge in [-0.25, -0.2) is 19.2 Å². The molecule has 0 amide bonds. The van der Waals surface area contributed by atoms with E-state index in [2.05, 4.69) is 0 Å². The fourth-order valence-electron chi connectivity index (χ4n) is 3.38. The van der Waals surface area contributed by atoms with Gasteiger partial charge in [0.25, 0.3) is 0 Å². The van der Waals surface area contributed by atoms with Crippen LogP contribution in [0.25, 0.3) is 0 Å². The fraction of sp³-hybridized carbons (Fsp3) is 0.0968. The minimum Gasteiger partial charge on any atom is -0.478 e. The molecule has 0 aliphatic heterocycles. The molecule has 0 aromatic heterocycles. The Kier molecular flexibility index (Phi) is 12.9. The summed E-state index contributed by atoms with van der Waals surface area (Å²) in [6, 6.07) is 25.3. The molecule has 0 spiro atoms. The van der Waals surface area contributed by atoms with Crippen molar-refractivity contribution in [2.24, 2.45) is 0 Å². The van der Waals surface area contributed by atoms with E-state index < -0.39 is 42.7 Å². The van der Waals surface area contributed by atoms with Crippen LogP contribution in [0.15, 0.2) is 97.1 Å². The third kappa shape index (κ3) is 13.2. The number of hydrogen-bond acceptors (Lipinski definition) is 6. The summed E-state index contributed by atoms with van der Waals surface area (Å²) in [6.07, 6.45) is -13.0. The molecule has 0 aliphatic rings. The summed E-state index contributed by atoms with van der Waals surface area (Å²) in [4.78, 5) is 43.8. The van der Waals surface area contributed by atoms with Crippen molar-refractivity contribution in [1.29, 1.82) is 0 Å². The first-order valence-electron chi connectivity index (χ1n) is 12.7. The number of aromatic carboxylic acids is 4. The van der Waals surface area contributed by atoms with Gasteiger partial charge < -0.3 is 29.9 Å². The van der Waals surface area contributed by atoms with Crippen LogP contribution in [-0.2, 0) is 0 Å². The van der Waals surface area contributed by atoms with E-state index >= 15 is 0 Å². The smallest absolute Gasteiger partial charge is 0.397 e. The molecule has 0 saturated heterocycles. The minimum atomic E-state index is -5.14. The van der Waals surface area contributed by atoms with E-state index in [0.717, 1.165) is 0 Å². The van der Waals surface area contributed by atoms with Crippen molar-refractivity contribution in [1.82, 2.24) is 0 Å². The average molecular weight is 668 g/mol. The van der Waals surface area contributed by atoms with Crippen LogP contribution >= 0.6 is 0 Å². The lowest BCUT2D eigenvalue weighted by Gasteiger charge is -2.08. The monoisotopic (exact) mass is 668 g/mol. The van der Waals surface area contributed by atoms with E-state index in [1.54, 1.807) is 48.5 Å². The highest BCUT2D eigenvalue weighted by Crippen LogP contribution is 2.32. The van der Waals surface area contributed by atoms with Gasteiger partial charge in [-0.1, -0.05) is 36.4 Å². The summed E-state index contributed by atoms with van der Waals surface area (Å²) < 4.78 is 75.9. The second-order valence-corrected chi connectivity index (χ2v) is 8.87. The van der Waals surface area contributed by atoms with Crippen LogP contribution in [0.2, 0.25) is 0 Å². The van der Waals surface area contributed by atoms with Crippen molar-refractivity contribution >= 4 is 23.9 Å². The van der Waals surface area contributed by atoms with Crippen LogP contribution < -0.4 is 9.47 Å². The zero-order valence-electron chi connectivity index (χ0n) is 23.5. The van der Waals surface area contributed by atoms with E-state index in [-0.39, 0.29) is 33.8 Å². The Morgan fingerprint density at radius 2 is 0.745 bits per heavy atom. The lowest BCUT2D eigenvalue weighted by Crippen LogP contribution is -2.20. The Bertz CT molecular complexity index is 1560. The lowest BCUT2D eigenvalue weighted by atomic mass is 10.1. The molecule has 4 aromatic rings. The largest absolute Gasteiger partial charge is 0.478 e. The molecular formula is C31H22F6O10.